The summed E-state index contributed by atoms with van der Waals surface area (Å²) in [5.41, 5.74) is 0. The zero-order chi connectivity index (χ0) is 9.84. The van der Waals surface area contributed by atoms with Gasteiger partial charge in [-0.05, 0) is 12.1 Å². The van der Waals surface area contributed by atoms with Crippen LogP contribution >= 0.6 is 0 Å². The van der Waals surface area contributed by atoms with Crippen molar-refractivity contribution in [2.24, 2.45) is 7.05 Å². The molecule has 1 atom stereocenters. The molecule has 0 bridgehead atoms. The van der Waals surface area contributed by atoms with Gasteiger partial charge in [0.05, 0.1) is 13.6 Å². The molecule has 1 aromatic heterocycles. The molecule has 72 valence electrons. The van der Waals surface area contributed by atoms with Crippen LogP contribution in [0.2, 0.25) is 0 Å². The molecule has 1 unspecified atom stereocenters. The molecule has 1 amide bonds. The van der Waals surface area contributed by atoms with Gasteiger partial charge in [0.15, 0.2) is 5.82 Å². The van der Waals surface area contributed by atoms with Crippen LogP contribution in [0.15, 0.2) is 0 Å². The molecule has 0 saturated heterocycles. The second-order valence-corrected chi connectivity index (χ2v) is 2.59. The number of aryl methyl sites for hydroxylation is 1. The Kier molecular flexibility index (Phi) is 2.91. The summed E-state index contributed by atoms with van der Waals surface area (Å²) in [4.78, 5) is 12.2. The summed E-state index contributed by atoms with van der Waals surface area (Å²) < 4.78 is 0. The van der Waals surface area contributed by atoms with Crippen molar-refractivity contribution in [2.75, 3.05) is 0 Å². The molecule has 0 aliphatic rings. The number of nitrogens with zero attached hydrogens (tertiary/aromatic N) is 4. The molecule has 13 heavy (non-hydrogen) atoms. The largest absolute Gasteiger partial charge is 0.384 e. The van der Waals surface area contributed by atoms with E-state index in [0.29, 0.717) is 5.82 Å². The monoisotopic (exact) mass is 185 g/mol. The van der Waals surface area contributed by atoms with Crippen LogP contribution in [0.1, 0.15) is 12.7 Å². The van der Waals surface area contributed by atoms with Gasteiger partial charge in [-0.25, -0.2) is 0 Å². The Bertz CT molecular complexity index is 295. The predicted octanol–water partition coefficient (Wildman–Crippen LogP) is -1.79. The lowest BCUT2D eigenvalue weighted by Gasteiger charge is -2.03. The maximum Gasteiger partial charge on any atom is 0.248 e. The molecule has 1 aromatic rings. The number of nitrogens with one attached hydrogen (secondary N) is 1. The number of tetrazole rings is 1. The topological polar surface area (TPSA) is 92.9 Å². The Labute approximate surface area is 74.7 Å². The van der Waals surface area contributed by atoms with Crippen molar-refractivity contribution < 1.29 is 9.90 Å². The van der Waals surface area contributed by atoms with E-state index in [2.05, 4.69) is 20.7 Å². The van der Waals surface area contributed by atoms with Crippen molar-refractivity contribution in [1.82, 2.24) is 25.5 Å². The van der Waals surface area contributed by atoms with Crippen LogP contribution in [-0.4, -0.2) is 37.3 Å². The maximum absolute atomic E-state index is 10.9. The zero-order valence-electron chi connectivity index (χ0n) is 7.43. The van der Waals surface area contributed by atoms with Gasteiger partial charge in [0.25, 0.3) is 0 Å². The number of amides is 1. The van der Waals surface area contributed by atoms with Crippen LogP contribution in [-0.2, 0) is 18.4 Å². The normalized spacial score (nSPS) is 12.5. The molecule has 0 aliphatic heterocycles. The molecule has 0 aromatic carbocycles. The molecule has 0 spiro atoms. The fraction of sp³-hybridized carbons (Fsp3) is 0.667. The van der Waals surface area contributed by atoms with E-state index in [9.17, 15) is 4.79 Å². The zero-order valence-corrected chi connectivity index (χ0v) is 7.43. The third-order valence-corrected chi connectivity index (χ3v) is 1.35. The van der Waals surface area contributed by atoms with Crippen LogP contribution < -0.4 is 5.32 Å². The lowest BCUT2D eigenvalue weighted by atomic mass is 10.4. The number of hydrogen-bond acceptors (Lipinski definition) is 5. The summed E-state index contributed by atoms with van der Waals surface area (Å²) in [6.07, 6.45) is -1.02. The Hall–Kier alpha value is -1.50. The number of aliphatic hydroxyl groups excluding tert-OH is 1. The summed E-state index contributed by atoms with van der Waals surface area (Å²) in [5.74, 6) is -0.0380. The Morgan fingerprint density at radius 2 is 2.46 bits per heavy atom. The molecule has 1 heterocycles. The number of aromatic nitrogens is 4. The summed E-state index contributed by atoms with van der Waals surface area (Å²) >= 11 is 0. The van der Waals surface area contributed by atoms with Crippen molar-refractivity contribution in [2.45, 2.75) is 19.6 Å². The fourth-order valence-corrected chi connectivity index (χ4v) is 0.708. The highest BCUT2D eigenvalue weighted by molar-refractivity contribution is 5.79. The van der Waals surface area contributed by atoms with Crippen LogP contribution in [0.4, 0.5) is 0 Å². The molecule has 7 heteroatoms. The molecular formula is C6H11N5O2. The van der Waals surface area contributed by atoms with Gasteiger partial charge in [0.1, 0.15) is 6.10 Å². The van der Waals surface area contributed by atoms with Crippen molar-refractivity contribution >= 4 is 5.91 Å². The van der Waals surface area contributed by atoms with Crippen LogP contribution in [0.3, 0.4) is 0 Å². The predicted molar refractivity (Wildman–Crippen MR) is 42.3 cm³/mol. The Morgan fingerprint density at radius 1 is 1.77 bits per heavy atom. The van der Waals surface area contributed by atoms with Gasteiger partial charge >= 0.3 is 0 Å². The molecule has 1 rings (SSSR count). The molecule has 0 radical (unpaired) electrons. The molecule has 7 nitrogen and oxygen atoms in total. The SMILES string of the molecule is CC(O)C(=O)NCc1nnn(C)n1. The van der Waals surface area contributed by atoms with E-state index in [1.807, 2.05) is 0 Å². The minimum atomic E-state index is -1.02. The van der Waals surface area contributed by atoms with Crippen molar-refractivity contribution in [3.63, 3.8) is 0 Å². The van der Waals surface area contributed by atoms with Crippen LogP contribution in [0.5, 0.6) is 0 Å². The summed E-state index contributed by atoms with van der Waals surface area (Å²) in [7, 11) is 1.63. The molecule has 0 aliphatic carbocycles. The second kappa shape index (κ2) is 3.94. The quantitative estimate of drug-likeness (QED) is 0.580. The average Bonchev–Trinajstić information content (AvgIpc) is 2.47. The van der Waals surface area contributed by atoms with Gasteiger partial charge in [0.2, 0.25) is 5.91 Å². The first-order chi connectivity index (χ1) is 6.09. The highest BCUT2D eigenvalue weighted by atomic mass is 16.3. The fourth-order valence-electron chi connectivity index (χ4n) is 0.708. The van der Waals surface area contributed by atoms with E-state index in [1.54, 1.807) is 7.05 Å². The Morgan fingerprint density at radius 3 is 2.92 bits per heavy atom. The third kappa shape index (κ3) is 2.79. The second-order valence-electron chi connectivity index (χ2n) is 2.59. The molecule has 2 N–H and O–H groups in total. The van der Waals surface area contributed by atoms with Crippen molar-refractivity contribution in [1.29, 1.82) is 0 Å². The van der Waals surface area contributed by atoms with Gasteiger partial charge < -0.3 is 10.4 Å². The number of carbonyl (C=O) groups is 1. The summed E-state index contributed by atoms with van der Waals surface area (Å²) in [6.45, 7) is 1.57. The lowest BCUT2D eigenvalue weighted by molar-refractivity contribution is -0.128. The number of rotatable bonds is 3. The first kappa shape index (κ1) is 9.59. The van der Waals surface area contributed by atoms with E-state index in [0.717, 1.165) is 0 Å². The van der Waals surface area contributed by atoms with E-state index in [-0.39, 0.29) is 6.54 Å². The minimum absolute atomic E-state index is 0.178. The summed E-state index contributed by atoms with van der Waals surface area (Å²) in [6, 6.07) is 0. The standard InChI is InChI=1S/C6H11N5O2/c1-4(12)6(13)7-3-5-8-10-11(2)9-5/h4,12H,3H2,1-2H3,(H,7,13). The number of aliphatic hydroxyl groups is 1. The van der Waals surface area contributed by atoms with Gasteiger partial charge in [-0.2, -0.15) is 4.80 Å². The van der Waals surface area contributed by atoms with Crippen LogP contribution in [0.25, 0.3) is 0 Å². The number of hydrogen-bond donors (Lipinski definition) is 2. The van der Waals surface area contributed by atoms with Gasteiger partial charge in [0, 0.05) is 0 Å². The summed E-state index contributed by atoms with van der Waals surface area (Å²) in [5, 5.41) is 22.3. The molecular weight excluding hydrogens is 174 g/mol. The van der Waals surface area contributed by atoms with Crippen molar-refractivity contribution in [3.05, 3.63) is 5.82 Å². The van der Waals surface area contributed by atoms with E-state index < -0.39 is 12.0 Å². The van der Waals surface area contributed by atoms with Gasteiger partial charge in [-0.1, -0.05) is 0 Å². The first-order valence-electron chi connectivity index (χ1n) is 3.78. The average molecular weight is 185 g/mol. The maximum atomic E-state index is 10.9. The smallest absolute Gasteiger partial charge is 0.248 e. The molecule has 0 saturated carbocycles. The molecule has 0 fully saturated rings. The number of carbonyl (C=O) groups excluding carboxylic acids is 1. The van der Waals surface area contributed by atoms with E-state index in [4.69, 9.17) is 5.11 Å². The van der Waals surface area contributed by atoms with E-state index in [1.165, 1.54) is 11.7 Å². The highest BCUT2D eigenvalue weighted by Gasteiger charge is 2.09. The Balaban J connectivity index is 2.39. The van der Waals surface area contributed by atoms with Gasteiger partial charge in [-0.3, -0.25) is 4.79 Å². The highest BCUT2D eigenvalue weighted by Crippen LogP contribution is 1.85. The van der Waals surface area contributed by atoms with Crippen molar-refractivity contribution in [3.8, 4) is 0 Å². The lowest BCUT2D eigenvalue weighted by Crippen LogP contribution is -2.32. The van der Waals surface area contributed by atoms with Gasteiger partial charge in [-0.15, -0.1) is 10.2 Å². The van der Waals surface area contributed by atoms with E-state index >= 15 is 0 Å². The van der Waals surface area contributed by atoms with Crippen LogP contribution in [0, 0.1) is 0 Å². The first-order valence-corrected chi connectivity index (χ1v) is 3.78. The third-order valence-electron chi connectivity index (χ3n) is 1.35. The minimum Gasteiger partial charge on any atom is -0.384 e.